The third-order valence-electron chi connectivity index (χ3n) is 3.57. The van der Waals surface area contributed by atoms with Crippen LogP contribution in [0, 0.1) is 19.7 Å². The van der Waals surface area contributed by atoms with E-state index in [0.29, 0.717) is 6.54 Å². The molecule has 1 amide bonds. The largest absolute Gasteiger partial charge is 0.484 e. The molecule has 2 aromatic carbocycles. The van der Waals surface area contributed by atoms with E-state index in [0.717, 1.165) is 29.7 Å². The Hall–Kier alpha value is -2.36. The van der Waals surface area contributed by atoms with Gasteiger partial charge < -0.3 is 10.1 Å². The van der Waals surface area contributed by atoms with E-state index in [4.69, 9.17) is 4.74 Å². The van der Waals surface area contributed by atoms with Crippen molar-refractivity contribution in [1.82, 2.24) is 5.32 Å². The van der Waals surface area contributed by atoms with Crippen molar-refractivity contribution in [2.24, 2.45) is 0 Å². The van der Waals surface area contributed by atoms with Crippen LogP contribution in [0.25, 0.3) is 0 Å². The Morgan fingerprint density at radius 1 is 1.13 bits per heavy atom. The molecule has 0 atom stereocenters. The van der Waals surface area contributed by atoms with Gasteiger partial charge in [0, 0.05) is 6.54 Å². The molecule has 0 aliphatic rings. The fraction of sp³-hybridized carbons (Fsp3) is 0.316. The van der Waals surface area contributed by atoms with Gasteiger partial charge >= 0.3 is 0 Å². The predicted octanol–water partition coefficient (Wildman–Crippen LogP) is 3.57. The third kappa shape index (κ3) is 5.74. The molecule has 0 saturated carbocycles. The van der Waals surface area contributed by atoms with Gasteiger partial charge in [-0.3, -0.25) is 4.79 Å². The van der Waals surface area contributed by atoms with Crippen molar-refractivity contribution in [2.75, 3.05) is 13.2 Å². The summed E-state index contributed by atoms with van der Waals surface area (Å²) in [5, 5.41) is 2.83. The van der Waals surface area contributed by atoms with Crippen molar-refractivity contribution >= 4 is 5.91 Å². The van der Waals surface area contributed by atoms with Crippen LogP contribution in [0.1, 0.15) is 23.1 Å². The molecule has 2 aromatic rings. The minimum absolute atomic E-state index is 0.0143. The van der Waals surface area contributed by atoms with Crippen molar-refractivity contribution < 1.29 is 13.9 Å². The summed E-state index contributed by atoms with van der Waals surface area (Å²) in [4.78, 5) is 11.8. The molecular weight excluding hydrogens is 293 g/mol. The lowest BCUT2D eigenvalue weighted by molar-refractivity contribution is -0.123. The van der Waals surface area contributed by atoms with Crippen LogP contribution in [0.5, 0.6) is 5.75 Å². The molecule has 0 bridgehead atoms. The first kappa shape index (κ1) is 17.0. The number of hydrogen-bond donors (Lipinski definition) is 1. The third-order valence-corrected chi connectivity index (χ3v) is 3.57. The van der Waals surface area contributed by atoms with Crippen LogP contribution in [0.4, 0.5) is 4.39 Å². The molecule has 4 heteroatoms. The Kier molecular flexibility index (Phi) is 6.15. The Balaban J connectivity index is 1.66. The molecule has 0 aromatic heterocycles. The number of hydrogen-bond acceptors (Lipinski definition) is 2. The maximum atomic E-state index is 12.8. The highest BCUT2D eigenvalue weighted by atomic mass is 19.1. The smallest absolute Gasteiger partial charge is 0.257 e. The van der Waals surface area contributed by atoms with Crippen LogP contribution in [0.2, 0.25) is 0 Å². The van der Waals surface area contributed by atoms with Crippen LogP contribution >= 0.6 is 0 Å². The minimum Gasteiger partial charge on any atom is -0.484 e. The monoisotopic (exact) mass is 315 g/mol. The molecule has 23 heavy (non-hydrogen) atoms. The van der Waals surface area contributed by atoms with Gasteiger partial charge in [0.1, 0.15) is 11.6 Å². The van der Waals surface area contributed by atoms with Gasteiger partial charge in [0.25, 0.3) is 5.91 Å². The number of rotatable bonds is 7. The lowest BCUT2D eigenvalue weighted by atomic mass is 10.1. The normalized spacial score (nSPS) is 10.4. The number of carbonyl (C=O) groups excluding carboxylic acids is 1. The van der Waals surface area contributed by atoms with E-state index < -0.39 is 0 Å². The summed E-state index contributed by atoms with van der Waals surface area (Å²) >= 11 is 0. The number of halogens is 1. The molecule has 0 radical (unpaired) electrons. The molecule has 0 heterocycles. The number of ether oxygens (including phenoxy) is 1. The zero-order chi connectivity index (χ0) is 16.7. The Morgan fingerprint density at radius 2 is 1.87 bits per heavy atom. The average molecular weight is 315 g/mol. The molecule has 0 spiro atoms. The maximum absolute atomic E-state index is 12.8. The first-order chi connectivity index (χ1) is 11.0. The molecule has 0 aliphatic heterocycles. The van der Waals surface area contributed by atoms with Crippen molar-refractivity contribution in [1.29, 1.82) is 0 Å². The van der Waals surface area contributed by atoms with Gasteiger partial charge in [-0.1, -0.05) is 29.8 Å². The van der Waals surface area contributed by atoms with E-state index in [9.17, 15) is 9.18 Å². The fourth-order valence-corrected chi connectivity index (χ4v) is 2.33. The van der Waals surface area contributed by atoms with E-state index in [2.05, 4.69) is 5.32 Å². The van der Waals surface area contributed by atoms with E-state index in [-0.39, 0.29) is 18.3 Å². The number of carbonyl (C=O) groups is 1. The second-order valence-electron chi connectivity index (χ2n) is 5.64. The Labute approximate surface area is 136 Å². The number of benzene rings is 2. The number of amides is 1. The van der Waals surface area contributed by atoms with Crippen molar-refractivity contribution in [2.45, 2.75) is 26.7 Å². The SMILES string of the molecule is Cc1ccc(OCC(=O)NCCCc2ccc(F)cc2)c(C)c1. The summed E-state index contributed by atoms with van der Waals surface area (Å²) in [6.45, 7) is 4.57. The summed E-state index contributed by atoms with van der Waals surface area (Å²) < 4.78 is 18.3. The highest BCUT2D eigenvalue weighted by molar-refractivity contribution is 5.77. The lowest BCUT2D eigenvalue weighted by Crippen LogP contribution is -2.30. The topological polar surface area (TPSA) is 38.3 Å². The van der Waals surface area contributed by atoms with Crippen LogP contribution in [-0.4, -0.2) is 19.1 Å². The summed E-state index contributed by atoms with van der Waals surface area (Å²) in [5.41, 5.74) is 3.25. The van der Waals surface area contributed by atoms with Crippen LogP contribution in [-0.2, 0) is 11.2 Å². The van der Waals surface area contributed by atoms with Crippen LogP contribution in [0.15, 0.2) is 42.5 Å². The maximum Gasteiger partial charge on any atom is 0.257 e. The van der Waals surface area contributed by atoms with E-state index in [1.807, 2.05) is 32.0 Å². The van der Waals surface area contributed by atoms with Crippen molar-refractivity contribution in [3.63, 3.8) is 0 Å². The second-order valence-corrected chi connectivity index (χ2v) is 5.64. The van der Waals surface area contributed by atoms with Gasteiger partial charge in [0.15, 0.2) is 6.61 Å². The fourth-order valence-electron chi connectivity index (χ4n) is 2.33. The summed E-state index contributed by atoms with van der Waals surface area (Å²) in [6, 6.07) is 12.3. The molecule has 1 N–H and O–H groups in total. The minimum atomic E-state index is -0.231. The van der Waals surface area contributed by atoms with Crippen molar-refractivity contribution in [3.05, 3.63) is 65.0 Å². The molecular formula is C19H22FNO2. The first-order valence-electron chi connectivity index (χ1n) is 7.76. The van der Waals surface area contributed by atoms with Gasteiger partial charge in [0.2, 0.25) is 0 Å². The van der Waals surface area contributed by atoms with Crippen LogP contribution in [0.3, 0.4) is 0 Å². The number of nitrogens with one attached hydrogen (secondary N) is 1. The van der Waals surface area contributed by atoms with Crippen molar-refractivity contribution in [3.8, 4) is 5.75 Å². The molecule has 0 aliphatic carbocycles. The van der Waals surface area contributed by atoms with Crippen LogP contribution < -0.4 is 10.1 Å². The van der Waals surface area contributed by atoms with E-state index in [1.165, 1.54) is 17.7 Å². The van der Waals surface area contributed by atoms with Gasteiger partial charge in [-0.2, -0.15) is 0 Å². The zero-order valence-electron chi connectivity index (χ0n) is 13.6. The Bertz CT molecular complexity index is 653. The standard InChI is InChI=1S/C19H22FNO2/c1-14-5-10-18(15(2)12-14)23-13-19(22)21-11-3-4-16-6-8-17(20)9-7-16/h5-10,12H,3-4,11,13H2,1-2H3,(H,21,22). The second kappa shape index (κ2) is 8.32. The Morgan fingerprint density at radius 3 is 2.57 bits per heavy atom. The highest BCUT2D eigenvalue weighted by Crippen LogP contribution is 2.18. The molecule has 0 fully saturated rings. The average Bonchev–Trinajstić information content (AvgIpc) is 2.52. The van der Waals surface area contributed by atoms with Gasteiger partial charge in [-0.25, -0.2) is 4.39 Å². The highest BCUT2D eigenvalue weighted by Gasteiger charge is 2.04. The molecule has 3 nitrogen and oxygen atoms in total. The van der Waals surface area contributed by atoms with Gasteiger partial charge in [-0.15, -0.1) is 0 Å². The lowest BCUT2D eigenvalue weighted by Gasteiger charge is -2.10. The van der Waals surface area contributed by atoms with Gasteiger partial charge in [-0.05, 0) is 56.0 Å². The first-order valence-corrected chi connectivity index (χ1v) is 7.76. The predicted molar refractivity (Wildman–Crippen MR) is 89.1 cm³/mol. The number of aryl methyl sites for hydroxylation is 3. The van der Waals surface area contributed by atoms with E-state index in [1.54, 1.807) is 12.1 Å². The van der Waals surface area contributed by atoms with Gasteiger partial charge in [0.05, 0.1) is 0 Å². The summed E-state index contributed by atoms with van der Waals surface area (Å²) in [7, 11) is 0. The quantitative estimate of drug-likeness (QED) is 0.793. The molecule has 122 valence electrons. The molecule has 2 rings (SSSR count). The summed E-state index contributed by atoms with van der Waals surface area (Å²) in [6.07, 6.45) is 1.61. The van der Waals surface area contributed by atoms with E-state index >= 15 is 0 Å². The summed E-state index contributed by atoms with van der Waals surface area (Å²) in [5.74, 6) is 0.367. The zero-order valence-corrected chi connectivity index (χ0v) is 13.6. The molecule has 0 unspecified atom stereocenters. The molecule has 0 saturated heterocycles.